The van der Waals surface area contributed by atoms with Crippen LogP contribution in [0.4, 0.5) is 0 Å². The van der Waals surface area contributed by atoms with Crippen LogP contribution in [0, 0.1) is 0 Å². The van der Waals surface area contributed by atoms with E-state index in [-0.39, 0.29) is 17.5 Å². The number of aromatic nitrogens is 2. The van der Waals surface area contributed by atoms with E-state index in [0.29, 0.717) is 10.0 Å². The van der Waals surface area contributed by atoms with Crippen LogP contribution in [0.1, 0.15) is 0 Å². The van der Waals surface area contributed by atoms with Crippen LogP contribution in [0.25, 0.3) is 0 Å². The van der Waals surface area contributed by atoms with Crippen molar-refractivity contribution in [2.24, 2.45) is 5.14 Å². The van der Waals surface area contributed by atoms with Gasteiger partial charge in [0.25, 0.3) is 0 Å². The molecule has 0 aromatic carbocycles. The number of sulfonamides is 1. The summed E-state index contributed by atoms with van der Waals surface area (Å²) in [6, 6.07) is 0.183. The first kappa shape index (κ1) is 13.5. The highest BCUT2D eigenvalue weighted by Gasteiger charge is 2.08. The average Bonchev–Trinajstić information content (AvgIpc) is 2.19. The lowest BCUT2D eigenvalue weighted by Crippen LogP contribution is -2.17. The molecular weight excluding hydrogens is 274 g/mol. The fourth-order valence-corrected chi connectivity index (χ4v) is 2.83. The van der Waals surface area contributed by atoms with Crippen LogP contribution >= 0.6 is 23.4 Å². The highest BCUT2D eigenvalue weighted by atomic mass is 35.5. The van der Waals surface area contributed by atoms with Gasteiger partial charge < -0.3 is 4.74 Å². The maximum atomic E-state index is 10.7. The summed E-state index contributed by atoms with van der Waals surface area (Å²) >= 11 is 7.00. The van der Waals surface area contributed by atoms with Crippen LogP contribution in [-0.4, -0.2) is 37.0 Å². The molecule has 0 aliphatic rings. The zero-order chi connectivity index (χ0) is 12.2. The van der Waals surface area contributed by atoms with Gasteiger partial charge in [0, 0.05) is 5.75 Å². The van der Waals surface area contributed by atoms with E-state index in [2.05, 4.69) is 9.97 Å². The molecule has 0 fully saturated rings. The van der Waals surface area contributed by atoms with Crippen molar-refractivity contribution in [1.82, 2.24) is 9.97 Å². The second kappa shape index (κ2) is 5.67. The Morgan fingerprint density at radius 1 is 1.62 bits per heavy atom. The molecule has 2 N–H and O–H groups in total. The van der Waals surface area contributed by atoms with E-state index < -0.39 is 10.0 Å². The molecule has 0 radical (unpaired) electrons. The molecule has 0 aliphatic carbocycles. The number of rotatable bonds is 5. The van der Waals surface area contributed by atoms with Crippen LogP contribution in [-0.2, 0) is 10.0 Å². The van der Waals surface area contributed by atoms with Crippen LogP contribution in [0.15, 0.2) is 11.2 Å². The van der Waals surface area contributed by atoms with Gasteiger partial charge >= 0.3 is 6.01 Å². The second-order valence-corrected chi connectivity index (χ2v) is 5.95. The van der Waals surface area contributed by atoms with Gasteiger partial charge in [0.15, 0.2) is 0 Å². The van der Waals surface area contributed by atoms with Crippen LogP contribution in [0.2, 0.25) is 5.02 Å². The average molecular weight is 284 g/mol. The van der Waals surface area contributed by atoms with Gasteiger partial charge in [0.1, 0.15) is 5.03 Å². The van der Waals surface area contributed by atoms with Gasteiger partial charge in [-0.05, 0) is 0 Å². The van der Waals surface area contributed by atoms with E-state index in [1.54, 1.807) is 0 Å². The Labute approximate surface area is 103 Å². The zero-order valence-corrected chi connectivity index (χ0v) is 10.8. The number of hydrogen-bond donors (Lipinski definition) is 1. The fourth-order valence-electron chi connectivity index (χ4n) is 0.790. The summed E-state index contributed by atoms with van der Waals surface area (Å²) in [5.41, 5.74) is 0. The number of methoxy groups -OCH3 is 1. The molecule has 1 aromatic rings. The number of nitrogens with two attached hydrogens (primary N) is 1. The molecule has 1 aromatic heterocycles. The van der Waals surface area contributed by atoms with E-state index in [4.69, 9.17) is 21.5 Å². The topological polar surface area (TPSA) is 95.2 Å². The molecule has 0 spiro atoms. The van der Waals surface area contributed by atoms with Gasteiger partial charge in [-0.25, -0.2) is 18.5 Å². The Hall–Kier alpha value is -0.570. The number of ether oxygens (including phenoxy) is 1. The summed E-state index contributed by atoms with van der Waals surface area (Å²) in [5, 5.41) is 5.68. The Bertz CT molecular complexity index is 466. The highest BCUT2D eigenvalue weighted by Crippen LogP contribution is 2.25. The maximum Gasteiger partial charge on any atom is 0.317 e. The third kappa shape index (κ3) is 4.52. The maximum absolute atomic E-state index is 10.7. The summed E-state index contributed by atoms with van der Waals surface area (Å²) in [4.78, 5) is 7.77. The van der Waals surface area contributed by atoms with Crippen molar-refractivity contribution in [3.63, 3.8) is 0 Å². The molecule has 1 heterocycles. The number of hydrogen-bond acceptors (Lipinski definition) is 6. The molecule has 90 valence electrons. The van der Waals surface area contributed by atoms with Crippen molar-refractivity contribution in [2.75, 3.05) is 18.6 Å². The van der Waals surface area contributed by atoms with Gasteiger partial charge in [0.2, 0.25) is 10.0 Å². The lowest BCUT2D eigenvalue weighted by Gasteiger charge is -2.03. The molecule has 0 saturated heterocycles. The number of primary sulfonamides is 1. The molecule has 1 rings (SSSR count). The standard InChI is InChI=1S/C7H10ClN3O3S2/c1-14-7-10-4-5(8)6(11-7)15-2-3-16(9,12)13/h4H,2-3H2,1H3,(H2,9,12,13). The van der Waals surface area contributed by atoms with Crippen LogP contribution < -0.4 is 9.88 Å². The van der Waals surface area contributed by atoms with Crippen molar-refractivity contribution in [3.05, 3.63) is 11.2 Å². The minimum absolute atomic E-state index is 0.139. The second-order valence-electron chi connectivity index (χ2n) is 2.73. The summed E-state index contributed by atoms with van der Waals surface area (Å²) < 4.78 is 26.2. The summed E-state index contributed by atoms with van der Waals surface area (Å²) in [7, 11) is -2.03. The predicted octanol–water partition coefficient (Wildman–Crippen LogP) is 0.519. The number of thioether (sulfide) groups is 1. The Balaban J connectivity index is 2.66. The molecule has 16 heavy (non-hydrogen) atoms. The van der Waals surface area contributed by atoms with E-state index >= 15 is 0 Å². The first-order valence-electron chi connectivity index (χ1n) is 4.12. The smallest absolute Gasteiger partial charge is 0.317 e. The van der Waals surface area contributed by atoms with Gasteiger partial charge in [-0.2, -0.15) is 4.98 Å². The normalized spacial score (nSPS) is 11.4. The number of nitrogens with zero attached hydrogens (tertiary/aromatic N) is 2. The van der Waals surface area contributed by atoms with Crippen LogP contribution in [0.3, 0.4) is 0 Å². The first-order valence-corrected chi connectivity index (χ1v) is 7.20. The minimum Gasteiger partial charge on any atom is -0.467 e. The Morgan fingerprint density at radius 3 is 2.88 bits per heavy atom. The van der Waals surface area contributed by atoms with E-state index in [1.165, 1.54) is 25.1 Å². The summed E-state index contributed by atoms with van der Waals surface area (Å²) in [6.07, 6.45) is 1.40. The van der Waals surface area contributed by atoms with Crippen molar-refractivity contribution < 1.29 is 13.2 Å². The fraction of sp³-hybridized carbons (Fsp3) is 0.429. The monoisotopic (exact) mass is 283 g/mol. The quantitative estimate of drug-likeness (QED) is 0.625. The van der Waals surface area contributed by atoms with E-state index in [0.717, 1.165) is 0 Å². The van der Waals surface area contributed by atoms with Gasteiger partial charge in [-0.15, -0.1) is 11.8 Å². The summed E-state index contributed by atoms with van der Waals surface area (Å²) in [6.45, 7) is 0. The Kier molecular flexibility index (Phi) is 4.78. The van der Waals surface area contributed by atoms with Gasteiger partial charge in [0.05, 0.1) is 24.1 Å². The molecule has 0 saturated carbocycles. The van der Waals surface area contributed by atoms with Crippen LogP contribution in [0.5, 0.6) is 6.01 Å². The molecule has 0 atom stereocenters. The minimum atomic E-state index is -3.46. The van der Waals surface area contributed by atoms with Crippen molar-refractivity contribution in [3.8, 4) is 6.01 Å². The Morgan fingerprint density at radius 2 is 2.31 bits per heavy atom. The van der Waals surface area contributed by atoms with E-state index in [9.17, 15) is 8.42 Å². The van der Waals surface area contributed by atoms with Gasteiger partial charge in [-0.1, -0.05) is 11.6 Å². The third-order valence-electron chi connectivity index (χ3n) is 1.48. The lowest BCUT2D eigenvalue weighted by atomic mass is 10.7. The largest absolute Gasteiger partial charge is 0.467 e. The summed E-state index contributed by atoms with van der Waals surface area (Å²) in [5.74, 6) is 0.138. The molecular formula is C7H10ClN3O3S2. The van der Waals surface area contributed by atoms with Gasteiger partial charge in [-0.3, -0.25) is 0 Å². The molecule has 0 bridgehead atoms. The zero-order valence-electron chi connectivity index (χ0n) is 8.38. The highest BCUT2D eigenvalue weighted by molar-refractivity contribution is 8.00. The molecule has 0 unspecified atom stereocenters. The molecule has 9 heteroatoms. The SMILES string of the molecule is COc1ncc(Cl)c(SCCS(N)(=O)=O)n1. The van der Waals surface area contributed by atoms with E-state index in [1.807, 2.05) is 0 Å². The van der Waals surface area contributed by atoms with Crippen molar-refractivity contribution in [1.29, 1.82) is 0 Å². The van der Waals surface area contributed by atoms with Crippen molar-refractivity contribution >= 4 is 33.4 Å². The third-order valence-corrected chi connectivity index (χ3v) is 3.89. The molecule has 0 amide bonds. The van der Waals surface area contributed by atoms with Crippen molar-refractivity contribution in [2.45, 2.75) is 5.03 Å². The predicted molar refractivity (Wildman–Crippen MR) is 62.3 cm³/mol. The number of halogens is 1. The first-order chi connectivity index (χ1) is 7.42. The lowest BCUT2D eigenvalue weighted by molar-refractivity contribution is 0.376. The molecule has 6 nitrogen and oxygen atoms in total. The molecule has 0 aliphatic heterocycles.